The van der Waals surface area contributed by atoms with Crippen LogP contribution in [-0.4, -0.2) is 5.78 Å². The number of rotatable bonds is 4. The van der Waals surface area contributed by atoms with Gasteiger partial charge in [-0.1, -0.05) is 24.6 Å². The molecule has 0 fully saturated rings. The average molecular weight is 218 g/mol. The van der Waals surface area contributed by atoms with Gasteiger partial charge in [0.25, 0.3) is 0 Å². The van der Waals surface area contributed by atoms with Crippen LogP contribution in [0.25, 0.3) is 0 Å². The topological polar surface area (TPSA) is 17.1 Å². The van der Waals surface area contributed by atoms with Gasteiger partial charge in [-0.2, -0.15) is 0 Å². The molecule has 0 aliphatic carbocycles. The molecule has 1 heteroatoms. The van der Waals surface area contributed by atoms with Crippen LogP contribution in [-0.2, 0) is 11.2 Å². The Morgan fingerprint density at radius 2 is 1.69 bits per heavy atom. The normalized spacial score (nSPS) is 12.6. The quantitative estimate of drug-likeness (QED) is 0.752. The van der Waals surface area contributed by atoms with Gasteiger partial charge >= 0.3 is 0 Å². The highest BCUT2D eigenvalue weighted by atomic mass is 16.1. The van der Waals surface area contributed by atoms with Crippen molar-refractivity contribution in [2.75, 3.05) is 0 Å². The first kappa shape index (κ1) is 13.0. The fraction of sp³-hybridized carbons (Fsp3) is 0.533. The van der Waals surface area contributed by atoms with Crippen molar-refractivity contribution in [1.29, 1.82) is 0 Å². The van der Waals surface area contributed by atoms with Crippen molar-refractivity contribution in [2.24, 2.45) is 5.92 Å². The van der Waals surface area contributed by atoms with Gasteiger partial charge in [0, 0.05) is 6.42 Å². The van der Waals surface area contributed by atoms with Crippen LogP contribution < -0.4 is 0 Å². The molecule has 0 aliphatic rings. The molecular formula is C15H22O. The number of carbonyl (C=O) groups excluding carboxylic acids is 1. The van der Waals surface area contributed by atoms with E-state index in [1.54, 1.807) is 6.92 Å². The van der Waals surface area contributed by atoms with Crippen molar-refractivity contribution in [3.05, 3.63) is 34.4 Å². The number of ketones is 1. The summed E-state index contributed by atoms with van der Waals surface area (Å²) in [6, 6.07) is 4.45. The minimum atomic E-state index is 0.287. The summed E-state index contributed by atoms with van der Waals surface area (Å²) in [4.78, 5) is 11.1. The Morgan fingerprint density at radius 1 is 1.19 bits per heavy atom. The third kappa shape index (κ3) is 3.48. The highest BCUT2D eigenvalue weighted by Crippen LogP contribution is 2.21. The molecule has 0 saturated heterocycles. The summed E-state index contributed by atoms with van der Waals surface area (Å²) in [6.07, 6.45) is 1.70. The summed E-state index contributed by atoms with van der Waals surface area (Å²) in [5.41, 5.74) is 5.44. The number of Topliss-reactive ketones (excluding diaryl/α,β-unsaturated/α-hetero) is 1. The molecule has 0 aromatic heterocycles. The van der Waals surface area contributed by atoms with Crippen LogP contribution in [0.15, 0.2) is 12.1 Å². The first-order chi connectivity index (χ1) is 7.40. The number of hydrogen-bond acceptors (Lipinski definition) is 1. The van der Waals surface area contributed by atoms with E-state index >= 15 is 0 Å². The van der Waals surface area contributed by atoms with Gasteiger partial charge in [0.2, 0.25) is 0 Å². The van der Waals surface area contributed by atoms with Crippen LogP contribution in [0.2, 0.25) is 0 Å². The molecule has 0 bridgehead atoms. The van der Waals surface area contributed by atoms with Gasteiger partial charge in [0.1, 0.15) is 5.78 Å². The fourth-order valence-corrected chi connectivity index (χ4v) is 2.44. The van der Waals surface area contributed by atoms with E-state index in [4.69, 9.17) is 0 Å². The summed E-state index contributed by atoms with van der Waals surface area (Å²) in [5, 5.41) is 0. The lowest BCUT2D eigenvalue weighted by molar-refractivity contribution is -0.117. The van der Waals surface area contributed by atoms with Gasteiger partial charge in [-0.15, -0.1) is 0 Å². The van der Waals surface area contributed by atoms with Crippen LogP contribution in [0.5, 0.6) is 0 Å². The van der Waals surface area contributed by atoms with Crippen LogP contribution in [0.4, 0.5) is 0 Å². The summed E-state index contributed by atoms with van der Waals surface area (Å²) >= 11 is 0. The molecule has 1 rings (SSSR count). The smallest absolute Gasteiger partial charge is 0.130 e. The predicted molar refractivity (Wildman–Crippen MR) is 68.8 cm³/mol. The second-order valence-electron chi connectivity index (χ2n) is 5.09. The lowest BCUT2D eigenvalue weighted by Crippen LogP contribution is -2.07. The minimum Gasteiger partial charge on any atom is -0.300 e. The molecule has 1 unspecified atom stereocenters. The standard InChI is InChI=1S/C15H22O/c1-10-6-12(3)15(13(4)7-10)9-11(2)8-14(5)16/h6-7,11H,8-9H2,1-5H3. The Morgan fingerprint density at radius 3 is 2.12 bits per heavy atom. The van der Waals surface area contributed by atoms with E-state index < -0.39 is 0 Å². The SMILES string of the molecule is CC(=O)CC(C)Cc1c(C)cc(C)cc1C. The lowest BCUT2D eigenvalue weighted by Gasteiger charge is -2.15. The van der Waals surface area contributed by atoms with E-state index in [2.05, 4.69) is 39.8 Å². The van der Waals surface area contributed by atoms with Crippen LogP contribution in [0, 0.1) is 26.7 Å². The summed E-state index contributed by atoms with van der Waals surface area (Å²) in [5.74, 6) is 0.729. The summed E-state index contributed by atoms with van der Waals surface area (Å²) in [7, 11) is 0. The molecule has 0 N–H and O–H groups in total. The largest absolute Gasteiger partial charge is 0.300 e. The Hall–Kier alpha value is -1.11. The number of aryl methyl sites for hydroxylation is 3. The molecule has 0 aliphatic heterocycles. The van der Waals surface area contributed by atoms with Gasteiger partial charge in [-0.25, -0.2) is 0 Å². The molecule has 16 heavy (non-hydrogen) atoms. The van der Waals surface area contributed by atoms with E-state index in [1.807, 2.05) is 0 Å². The Labute approximate surface area is 98.9 Å². The van der Waals surface area contributed by atoms with Gasteiger partial charge < -0.3 is 4.79 Å². The molecule has 1 aromatic rings. The Kier molecular flexibility index (Phi) is 4.28. The van der Waals surface area contributed by atoms with E-state index in [0.717, 1.165) is 6.42 Å². The summed E-state index contributed by atoms with van der Waals surface area (Å²) in [6.45, 7) is 10.3. The van der Waals surface area contributed by atoms with Crippen molar-refractivity contribution in [2.45, 2.75) is 47.5 Å². The van der Waals surface area contributed by atoms with Crippen molar-refractivity contribution in [1.82, 2.24) is 0 Å². The van der Waals surface area contributed by atoms with Crippen molar-refractivity contribution < 1.29 is 4.79 Å². The maximum absolute atomic E-state index is 11.1. The molecule has 0 heterocycles. The maximum atomic E-state index is 11.1. The number of benzene rings is 1. The van der Waals surface area contributed by atoms with Gasteiger partial charge in [-0.3, -0.25) is 0 Å². The minimum absolute atomic E-state index is 0.287. The zero-order valence-corrected chi connectivity index (χ0v) is 11.1. The molecule has 88 valence electrons. The third-order valence-electron chi connectivity index (χ3n) is 3.03. The Bertz CT molecular complexity index is 367. The van der Waals surface area contributed by atoms with Crippen molar-refractivity contribution in [3.63, 3.8) is 0 Å². The maximum Gasteiger partial charge on any atom is 0.130 e. The van der Waals surface area contributed by atoms with E-state index in [-0.39, 0.29) is 5.78 Å². The van der Waals surface area contributed by atoms with Crippen LogP contribution in [0.1, 0.15) is 42.5 Å². The van der Waals surface area contributed by atoms with Crippen LogP contribution in [0.3, 0.4) is 0 Å². The zero-order chi connectivity index (χ0) is 12.3. The zero-order valence-electron chi connectivity index (χ0n) is 11.1. The van der Waals surface area contributed by atoms with Crippen molar-refractivity contribution in [3.8, 4) is 0 Å². The molecular weight excluding hydrogens is 196 g/mol. The first-order valence-electron chi connectivity index (χ1n) is 5.96. The van der Waals surface area contributed by atoms with Crippen molar-refractivity contribution >= 4 is 5.78 Å². The molecule has 1 aromatic carbocycles. The molecule has 0 radical (unpaired) electrons. The highest BCUT2D eigenvalue weighted by Gasteiger charge is 2.10. The third-order valence-corrected chi connectivity index (χ3v) is 3.03. The van der Waals surface area contributed by atoms with Crippen LogP contribution >= 0.6 is 0 Å². The molecule has 1 atom stereocenters. The van der Waals surface area contributed by atoms with E-state index in [1.165, 1.54) is 22.3 Å². The average Bonchev–Trinajstić information content (AvgIpc) is 2.09. The molecule has 0 spiro atoms. The molecule has 0 amide bonds. The monoisotopic (exact) mass is 218 g/mol. The van der Waals surface area contributed by atoms with E-state index in [9.17, 15) is 4.79 Å². The van der Waals surface area contributed by atoms with Gasteiger partial charge in [0.15, 0.2) is 0 Å². The lowest BCUT2D eigenvalue weighted by atomic mass is 9.90. The van der Waals surface area contributed by atoms with E-state index in [0.29, 0.717) is 12.3 Å². The first-order valence-corrected chi connectivity index (χ1v) is 5.96. The highest BCUT2D eigenvalue weighted by molar-refractivity contribution is 5.75. The molecule has 1 nitrogen and oxygen atoms in total. The Balaban J connectivity index is 2.85. The van der Waals surface area contributed by atoms with Gasteiger partial charge in [-0.05, 0) is 56.7 Å². The summed E-state index contributed by atoms with van der Waals surface area (Å²) < 4.78 is 0. The number of carbonyl (C=O) groups is 1. The van der Waals surface area contributed by atoms with Gasteiger partial charge in [0.05, 0.1) is 0 Å². The molecule has 0 saturated carbocycles. The second kappa shape index (κ2) is 5.29. The fourth-order valence-electron chi connectivity index (χ4n) is 2.44. The predicted octanol–water partition coefficient (Wildman–Crippen LogP) is 3.77. The number of hydrogen-bond donors (Lipinski definition) is 0. The second-order valence-corrected chi connectivity index (χ2v) is 5.09.